The van der Waals surface area contributed by atoms with Crippen molar-refractivity contribution in [2.75, 3.05) is 6.61 Å². The number of amides is 1. The third kappa shape index (κ3) is 3.65. The third-order valence-electron chi connectivity index (χ3n) is 2.73. The second-order valence-electron chi connectivity index (χ2n) is 4.46. The van der Waals surface area contributed by atoms with E-state index in [0.717, 1.165) is 22.3 Å². The molecule has 0 saturated carbocycles. The standard InChI is InChI=1S/C14H17N5O2/c1-4-21-10-5-6-11-8(2)16-14(18-12(11)7-10)19-13(15)17-9(3)20/h5-7H,4H2,1-3H3,(H3,15,16,17,18,19,20)/p+1. The van der Waals surface area contributed by atoms with Gasteiger partial charge in [-0.2, -0.15) is 0 Å². The van der Waals surface area contributed by atoms with Gasteiger partial charge >= 0.3 is 5.95 Å². The van der Waals surface area contributed by atoms with E-state index < -0.39 is 0 Å². The maximum Gasteiger partial charge on any atom is 0.354 e. The van der Waals surface area contributed by atoms with Gasteiger partial charge in [-0.05, 0) is 26.0 Å². The number of aromatic nitrogens is 2. The lowest BCUT2D eigenvalue weighted by Crippen LogP contribution is -2.74. The van der Waals surface area contributed by atoms with Crippen molar-refractivity contribution < 1.29 is 14.5 Å². The number of rotatable bonds is 3. The molecule has 0 aliphatic heterocycles. The first kappa shape index (κ1) is 14.7. The largest absolute Gasteiger partial charge is 0.494 e. The van der Waals surface area contributed by atoms with Crippen LogP contribution in [0.15, 0.2) is 18.2 Å². The molecule has 0 bridgehead atoms. The molecule has 1 aromatic carbocycles. The summed E-state index contributed by atoms with van der Waals surface area (Å²) >= 11 is 0. The average molecular weight is 288 g/mol. The van der Waals surface area contributed by atoms with Gasteiger partial charge in [0.05, 0.1) is 12.3 Å². The van der Waals surface area contributed by atoms with Crippen molar-refractivity contribution in [3.63, 3.8) is 0 Å². The minimum atomic E-state index is -0.267. The molecule has 0 spiro atoms. The summed E-state index contributed by atoms with van der Waals surface area (Å²) < 4.78 is 5.46. The Hall–Kier alpha value is -2.70. The van der Waals surface area contributed by atoms with E-state index in [1.54, 1.807) is 0 Å². The molecule has 4 N–H and O–H groups in total. The summed E-state index contributed by atoms with van der Waals surface area (Å²) in [5.74, 6) is 0.881. The number of ether oxygens (including phenoxy) is 1. The fraction of sp³-hybridized carbons (Fsp3) is 0.286. The maximum absolute atomic E-state index is 10.9. The van der Waals surface area contributed by atoms with Crippen LogP contribution in [0.1, 0.15) is 19.5 Å². The number of nitrogens with two attached hydrogens (primary N) is 1. The minimum Gasteiger partial charge on any atom is -0.494 e. The third-order valence-corrected chi connectivity index (χ3v) is 2.73. The number of carbonyl (C=O) groups is 1. The molecule has 110 valence electrons. The van der Waals surface area contributed by atoms with E-state index in [0.29, 0.717) is 12.6 Å². The van der Waals surface area contributed by atoms with Gasteiger partial charge < -0.3 is 10.5 Å². The summed E-state index contributed by atoms with van der Waals surface area (Å²) in [4.78, 5) is 22.4. The van der Waals surface area contributed by atoms with Gasteiger partial charge in [0, 0.05) is 18.4 Å². The normalized spacial score (nSPS) is 11.5. The van der Waals surface area contributed by atoms with Crippen molar-refractivity contribution >= 4 is 28.7 Å². The molecule has 0 aliphatic carbocycles. The molecule has 2 aromatic rings. The van der Waals surface area contributed by atoms with Gasteiger partial charge in [-0.1, -0.05) is 0 Å². The number of hydrogen-bond donors (Lipinski definition) is 3. The Bertz CT molecular complexity index is 712. The molecule has 7 heteroatoms. The first-order chi connectivity index (χ1) is 9.99. The summed E-state index contributed by atoms with van der Waals surface area (Å²) in [6.07, 6.45) is 0. The predicted molar refractivity (Wildman–Crippen MR) is 79.1 cm³/mol. The van der Waals surface area contributed by atoms with E-state index in [-0.39, 0.29) is 11.9 Å². The monoisotopic (exact) mass is 288 g/mol. The summed E-state index contributed by atoms with van der Waals surface area (Å²) in [6.45, 7) is 5.76. The van der Waals surface area contributed by atoms with E-state index in [1.807, 2.05) is 32.0 Å². The average Bonchev–Trinajstić information content (AvgIpc) is 2.37. The lowest BCUT2D eigenvalue weighted by molar-refractivity contribution is -0.367. The molecule has 0 radical (unpaired) electrons. The highest BCUT2D eigenvalue weighted by Crippen LogP contribution is 2.21. The molecule has 7 nitrogen and oxygen atoms in total. The molecule has 1 amide bonds. The highest BCUT2D eigenvalue weighted by molar-refractivity contribution is 5.92. The van der Waals surface area contributed by atoms with Crippen molar-refractivity contribution in [3.05, 3.63) is 23.9 Å². The predicted octanol–water partition coefficient (Wildman–Crippen LogP) is -0.500. The lowest BCUT2D eigenvalue weighted by Gasteiger charge is -2.04. The van der Waals surface area contributed by atoms with E-state index in [2.05, 4.69) is 20.3 Å². The quantitative estimate of drug-likeness (QED) is 0.522. The zero-order valence-corrected chi connectivity index (χ0v) is 12.2. The molecule has 0 fully saturated rings. The SMILES string of the molecule is CCOc1ccc2c(C)nc(/[NH+]=C(\N)NC(C)=O)nc2c1. The summed E-state index contributed by atoms with van der Waals surface area (Å²) in [5, 5.41) is 3.36. The number of carbonyl (C=O) groups excluding carboxylic acids is 1. The Labute approximate surface area is 122 Å². The molecule has 1 aromatic heterocycles. The Morgan fingerprint density at radius 3 is 2.86 bits per heavy atom. The maximum atomic E-state index is 10.9. The fourth-order valence-corrected chi connectivity index (χ4v) is 1.92. The van der Waals surface area contributed by atoms with Crippen molar-refractivity contribution in [3.8, 4) is 5.75 Å². The Kier molecular flexibility index (Phi) is 4.32. The molecule has 0 saturated heterocycles. The molecular weight excluding hydrogens is 270 g/mol. The number of nitrogens with one attached hydrogen (secondary N) is 2. The molecule has 0 unspecified atom stereocenters. The van der Waals surface area contributed by atoms with Crippen molar-refractivity contribution in [1.29, 1.82) is 0 Å². The number of guanidine groups is 1. The number of nitrogens with zero attached hydrogens (tertiary/aromatic N) is 2. The first-order valence-corrected chi connectivity index (χ1v) is 6.58. The topological polar surface area (TPSA) is 104 Å². The summed E-state index contributed by atoms with van der Waals surface area (Å²) in [5.41, 5.74) is 7.20. The van der Waals surface area contributed by atoms with Gasteiger partial charge in [0.15, 0.2) is 0 Å². The van der Waals surface area contributed by atoms with Crippen LogP contribution in [0.5, 0.6) is 5.75 Å². The van der Waals surface area contributed by atoms with Crippen LogP contribution in [-0.4, -0.2) is 28.4 Å². The van der Waals surface area contributed by atoms with Crippen LogP contribution in [0.25, 0.3) is 10.9 Å². The number of benzene rings is 1. The number of hydrogen-bond acceptors (Lipinski definition) is 4. The zero-order valence-electron chi connectivity index (χ0n) is 12.2. The van der Waals surface area contributed by atoms with Crippen LogP contribution in [0.4, 0.5) is 5.95 Å². The van der Waals surface area contributed by atoms with E-state index in [9.17, 15) is 4.79 Å². The van der Waals surface area contributed by atoms with Crippen molar-refractivity contribution in [2.24, 2.45) is 5.73 Å². The molecule has 21 heavy (non-hydrogen) atoms. The van der Waals surface area contributed by atoms with Crippen LogP contribution in [0.3, 0.4) is 0 Å². The molecule has 1 heterocycles. The van der Waals surface area contributed by atoms with E-state index in [1.165, 1.54) is 6.92 Å². The fourth-order valence-electron chi connectivity index (χ4n) is 1.92. The zero-order chi connectivity index (χ0) is 15.4. The van der Waals surface area contributed by atoms with Crippen molar-refractivity contribution in [1.82, 2.24) is 15.3 Å². The number of aryl methyl sites for hydroxylation is 1. The van der Waals surface area contributed by atoms with Crippen LogP contribution >= 0.6 is 0 Å². The molecule has 0 atom stereocenters. The summed E-state index contributed by atoms with van der Waals surface area (Å²) in [7, 11) is 0. The van der Waals surface area contributed by atoms with E-state index in [4.69, 9.17) is 10.5 Å². The van der Waals surface area contributed by atoms with Crippen LogP contribution < -0.4 is 20.8 Å². The van der Waals surface area contributed by atoms with Gasteiger partial charge in [0.2, 0.25) is 0 Å². The van der Waals surface area contributed by atoms with Gasteiger partial charge in [-0.25, -0.2) is 10.3 Å². The van der Waals surface area contributed by atoms with Crippen LogP contribution in [0.2, 0.25) is 0 Å². The second kappa shape index (κ2) is 6.17. The van der Waals surface area contributed by atoms with Crippen LogP contribution in [0, 0.1) is 6.92 Å². The highest BCUT2D eigenvalue weighted by Gasteiger charge is 2.11. The first-order valence-electron chi connectivity index (χ1n) is 6.58. The smallest absolute Gasteiger partial charge is 0.354 e. The van der Waals surface area contributed by atoms with E-state index >= 15 is 0 Å². The van der Waals surface area contributed by atoms with Crippen molar-refractivity contribution in [2.45, 2.75) is 20.8 Å². The highest BCUT2D eigenvalue weighted by atomic mass is 16.5. The molecule has 0 aliphatic rings. The molecule has 2 rings (SSSR count). The number of fused-ring (bicyclic) bond motifs is 1. The van der Waals surface area contributed by atoms with Gasteiger partial charge in [0.25, 0.3) is 11.9 Å². The minimum absolute atomic E-state index is 0.0854. The van der Waals surface area contributed by atoms with Crippen LogP contribution in [-0.2, 0) is 4.79 Å². The Morgan fingerprint density at radius 1 is 1.43 bits per heavy atom. The lowest BCUT2D eigenvalue weighted by atomic mass is 10.2. The molecular formula is C14H18N5O2+. The summed E-state index contributed by atoms with van der Waals surface area (Å²) in [6, 6.07) is 5.64. The van der Waals surface area contributed by atoms with Gasteiger partial charge in [-0.15, -0.1) is 9.97 Å². The Morgan fingerprint density at radius 2 is 2.19 bits per heavy atom. The van der Waals surface area contributed by atoms with Gasteiger partial charge in [-0.3, -0.25) is 4.79 Å². The second-order valence-corrected chi connectivity index (χ2v) is 4.46. The van der Waals surface area contributed by atoms with Gasteiger partial charge in [0.1, 0.15) is 11.3 Å². The Balaban J connectivity index is 2.44.